The van der Waals surface area contributed by atoms with Gasteiger partial charge in [0.1, 0.15) is 18.0 Å². The van der Waals surface area contributed by atoms with Gasteiger partial charge in [-0.3, -0.25) is 4.57 Å². The lowest BCUT2D eigenvalue weighted by Gasteiger charge is -2.17. The van der Waals surface area contributed by atoms with Gasteiger partial charge in [-0.25, -0.2) is 13.8 Å². The second-order valence-electron chi connectivity index (χ2n) is 6.47. The highest BCUT2D eigenvalue weighted by Gasteiger charge is 2.19. The molecule has 1 N–H and O–H groups in total. The number of nitrogens with zero attached hydrogens (tertiary/aromatic N) is 3. The molecule has 1 aromatic heterocycles. The Bertz CT molecular complexity index is 1470. The summed E-state index contributed by atoms with van der Waals surface area (Å²) in [6, 6.07) is 13.3. The molecule has 144 valence electrons. The van der Waals surface area contributed by atoms with E-state index in [2.05, 4.69) is 4.98 Å². The zero-order valence-electron chi connectivity index (χ0n) is 20.8. The van der Waals surface area contributed by atoms with Crippen molar-refractivity contribution in [3.05, 3.63) is 83.7 Å². The summed E-state index contributed by atoms with van der Waals surface area (Å²) in [5, 5.41) is 20.1. The first-order valence-corrected chi connectivity index (χ1v) is 8.48. The summed E-state index contributed by atoms with van der Waals surface area (Å²) >= 11 is 0. The van der Waals surface area contributed by atoms with Crippen LogP contribution in [-0.4, -0.2) is 14.7 Å². The summed E-state index contributed by atoms with van der Waals surface area (Å²) in [6.07, 6.45) is 1.34. The maximum atomic E-state index is 14.7. The quantitative estimate of drug-likeness (QED) is 0.527. The van der Waals surface area contributed by atoms with Gasteiger partial charge in [-0.1, -0.05) is 12.1 Å². The van der Waals surface area contributed by atoms with Gasteiger partial charge < -0.3 is 5.11 Å². The lowest BCUT2D eigenvalue weighted by Crippen LogP contribution is -2.15. The minimum absolute atomic E-state index is 0.0465. The van der Waals surface area contributed by atoms with Crippen molar-refractivity contribution in [2.75, 3.05) is 0 Å². The first-order valence-electron chi connectivity index (χ1n) is 11.5. The Hall–Kier alpha value is -3.56. The molecule has 0 radical (unpaired) electrons. The molecule has 0 aliphatic heterocycles. The predicted octanol–water partition coefficient (Wildman–Crippen LogP) is 5.07. The monoisotopic (exact) mass is 395 g/mol. The molecule has 0 unspecified atom stereocenters. The SMILES string of the molecule is [2H]C([2H])([2H])C(O)(c1ccc2c(c1)ncn2-c1ccc(F)c(-c2c(F)cccc2C#N)c1)C([2H])([2H])[2H]. The van der Waals surface area contributed by atoms with E-state index in [4.69, 9.17) is 8.22 Å². The van der Waals surface area contributed by atoms with Gasteiger partial charge in [0.25, 0.3) is 0 Å². The maximum Gasteiger partial charge on any atom is 0.132 e. The van der Waals surface area contributed by atoms with Crippen LogP contribution in [0.15, 0.2) is 60.9 Å². The van der Waals surface area contributed by atoms with E-state index in [0.717, 1.165) is 12.1 Å². The van der Waals surface area contributed by atoms with E-state index in [1.807, 2.05) is 6.07 Å². The third kappa shape index (κ3) is 3.26. The smallest absolute Gasteiger partial charge is 0.132 e. The van der Waals surface area contributed by atoms with Gasteiger partial charge in [-0.05, 0) is 61.7 Å². The highest BCUT2D eigenvalue weighted by atomic mass is 19.1. The Morgan fingerprint density at radius 3 is 2.69 bits per heavy atom. The van der Waals surface area contributed by atoms with Crippen LogP contribution in [0.2, 0.25) is 0 Å². The van der Waals surface area contributed by atoms with E-state index < -0.39 is 30.9 Å². The molecule has 0 bridgehead atoms. The summed E-state index contributed by atoms with van der Waals surface area (Å²) in [5.74, 6) is -1.52. The van der Waals surface area contributed by atoms with Crippen LogP contribution in [0.4, 0.5) is 8.78 Å². The Balaban J connectivity index is 1.87. The molecule has 6 heteroatoms. The zero-order valence-corrected chi connectivity index (χ0v) is 14.8. The molecule has 0 amide bonds. The first kappa shape index (κ1) is 12.8. The summed E-state index contributed by atoms with van der Waals surface area (Å²) in [7, 11) is 0. The van der Waals surface area contributed by atoms with Gasteiger partial charge in [0, 0.05) is 25.0 Å². The lowest BCUT2D eigenvalue weighted by atomic mass is 9.98. The van der Waals surface area contributed by atoms with Crippen molar-refractivity contribution >= 4 is 11.0 Å². The van der Waals surface area contributed by atoms with Crippen molar-refractivity contribution in [2.45, 2.75) is 19.3 Å². The van der Waals surface area contributed by atoms with Crippen molar-refractivity contribution in [2.24, 2.45) is 0 Å². The fourth-order valence-corrected chi connectivity index (χ4v) is 3.19. The van der Waals surface area contributed by atoms with E-state index in [1.165, 1.54) is 53.4 Å². The fourth-order valence-electron chi connectivity index (χ4n) is 3.19. The van der Waals surface area contributed by atoms with Crippen molar-refractivity contribution in [1.82, 2.24) is 9.55 Å². The molecule has 0 spiro atoms. The van der Waals surface area contributed by atoms with Crippen LogP contribution in [0, 0.1) is 23.0 Å². The molecule has 0 saturated carbocycles. The molecule has 0 aliphatic carbocycles. The summed E-state index contributed by atoms with van der Waals surface area (Å²) in [4.78, 5) is 4.17. The number of hydrogen-bond donors (Lipinski definition) is 1. The van der Waals surface area contributed by atoms with Gasteiger partial charge in [0.05, 0.1) is 28.3 Å². The Labute approximate surface area is 174 Å². The first-order chi connectivity index (χ1) is 16.3. The Kier molecular flexibility index (Phi) is 3.00. The summed E-state index contributed by atoms with van der Waals surface area (Å²) in [5.41, 5.74) is -2.96. The van der Waals surface area contributed by atoms with Crippen LogP contribution in [0.5, 0.6) is 0 Å². The number of aliphatic hydroxyl groups is 1. The van der Waals surface area contributed by atoms with Crippen LogP contribution < -0.4 is 0 Å². The highest BCUT2D eigenvalue weighted by molar-refractivity contribution is 5.80. The second-order valence-corrected chi connectivity index (χ2v) is 6.47. The van der Waals surface area contributed by atoms with Crippen LogP contribution in [0.3, 0.4) is 0 Å². The molecular weight excluding hydrogens is 372 g/mol. The summed E-state index contributed by atoms with van der Waals surface area (Å²) in [6.45, 7) is -6.50. The molecule has 0 fully saturated rings. The van der Waals surface area contributed by atoms with Gasteiger partial charge in [-0.2, -0.15) is 5.26 Å². The van der Waals surface area contributed by atoms with Crippen LogP contribution in [-0.2, 0) is 5.60 Å². The van der Waals surface area contributed by atoms with Gasteiger partial charge in [-0.15, -0.1) is 0 Å². The second kappa shape index (κ2) is 6.80. The van der Waals surface area contributed by atoms with E-state index in [-0.39, 0.29) is 27.8 Å². The largest absolute Gasteiger partial charge is 0.386 e. The average molecular weight is 395 g/mol. The lowest BCUT2D eigenvalue weighted by molar-refractivity contribution is 0.0787. The standard InChI is InChI=1S/C23H17F2N3O/c1-23(2,29)15-6-9-21-20(10-15)27-13-28(21)16-7-8-18(24)17(11-16)22-14(12-26)4-3-5-19(22)25/h3-11,13,29H,1-2H3/i1D3,2D3. The van der Waals surface area contributed by atoms with Crippen molar-refractivity contribution in [3.8, 4) is 22.9 Å². The molecule has 1 heterocycles. The van der Waals surface area contributed by atoms with E-state index in [9.17, 15) is 19.1 Å². The fraction of sp³-hybridized carbons (Fsp3) is 0.130. The minimum atomic E-state index is -3.25. The average Bonchev–Trinajstić information content (AvgIpc) is 3.20. The number of fused-ring (bicyclic) bond motifs is 1. The van der Waals surface area contributed by atoms with Crippen molar-refractivity contribution in [3.63, 3.8) is 0 Å². The van der Waals surface area contributed by atoms with Gasteiger partial charge in [0.15, 0.2) is 0 Å². The van der Waals surface area contributed by atoms with Crippen LogP contribution in [0.25, 0.3) is 27.8 Å². The topological polar surface area (TPSA) is 61.8 Å². The number of benzene rings is 3. The van der Waals surface area contributed by atoms with Crippen molar-refractivity contribution < 1.29 is 22.1 Å². The molecular formula is C23H17F2N3O. The predicted molar refractivity (Wildman–Crippen MR) is 106 cm³/mol. The van der Waals surface area contributed by atoms with E-state index in [1.54, 1.807) is 0 Å². The normalized spacial score (nSPS) is 15.5. The minimum Gasteiger partial charge on any atom is -0.386 e. The van der Waals surface area contributed by atoms with Gasteiger partial charge in [0.2, 0.25) is 0 Å². The molecule has 0 aliphatic rings. The molecule has 3 aromatic carbocycles. The van der Waals surface area contributed by atoms with Crippen LogP contribution in [0.1, 0.15) is 33.1 Å². The number of hydrogen-bond acceptors (Lipinski definition) is 3. The van der Waals surface area contributed by atoms with E-state index in [0.29, 0.717) is 11.2 Å². The molecule has 29 heavy (non-hydrogen) atoms. The number of rotatable bonds is 3. The number of aromatic nitrogens is 2. The maximum absolute atomic E-state index is 14.7. The Morgan fingerprint density at radius 2 is 1.93 bits per heavy atom. The number of nitriles is 1. The Morgan fingerprint density at radius 1 is 1.10 bits per heavy atom. The van der Waals surface area contributed by atoms with Crippen molar-refractivity contribution in [1.29, 1.82) is 5.26 Å². The third-order valence-electron chi connectivity index (χ3n) is 4.60. The van der Waals surface area contributed by atoms with Gasteiger partial charge >= 0.3 is 0 Å². The molecule has 0 saturated heterocycles. The third-order valence-corrected chi connectivity index (χ3v) is 4.60. The number of halogens is 2. The molecule has 4 nitrogen and oxygen atoms in total. The summed E-state index contributed by atoms with van der Waals surface area (Å²) < 4.78 is 76.4. The molecule has 4 rings (SSSR count). The molecule has 0 atom stereocenters. The highest BCUT2D eigenvalue weighted by Crippen LogP contribution is 2.32. The number of imidazole rings is 1. The van der Waals surface area contributed by atoms with Crippen LogP contribution >= 0.6 is 0 Å². The molecule has 4 aromatic rings. The van der Waals surface area contributed by atoms with E-state index >= 15 is 0 Å². The zero-order chi connectivity index (χ0) is 25.8.